The molecule has 0 saturated heterocycles. The van der Waals surface area contributed by atoms with Gasteiger partial charge in [-0.3, -0.25) is 4.79 Å². The van der Waals surface area contributed by atoms with Crippen LogP contribution in [0.5, 0.6) is 23.0 Å². The number of Topliss-reactive ketones (excluding diaryl/α,β-unsaturated/α-hetero) is 1. The van der Waals surface area contributed by atoms with Crippen molar-refractivity contribution in [3.63, 3.8) is 0 Å². The molecule has 0 unspecified atom stereocenters. The Bertz CT molecular complexity index is 1360. The molecule has 0 atom stereocenters. The molecule has 0 amide bonds. The van der Waals surface area contributed by atoms with Crippen LogP contribution < -0.4 is 18.9 Å². The molecule has 2 aliphatic heterocycles. The SMILES string of the molecule is COc1ccccc1C(=O)Oc1ccc2c(c1C)O/C(=C\c1cc(Br)cc3c1OCOC3)C2=O. The van der Waals surface area contributed by atoms with E-state index in [1.807, 2.05) is 12.1 Å². The van der Waals surface area contributed by atoms with Crippen molar-refractivity contribution in [3.05, 3.63) is 86.6 Å². The van der Waals surface area contributed by atoms with Crippen molar-refractivity contribution in [2.24, 2.45) is 0 Å². The first-order valence-electron chi connectivity index (χ1n) is 10.4. The van der Waals surface area contributed by atoms with Crippen molar-refractivity contribution in [2.45, 2.75) is 13.5 Å². The van der Waals surface area contributed by atoms with E-state index >= 15 is 0 Å². The van der Waals surface area contributed by atoms with Gasteiger partial charge in [-0.05, 0) is 49.4 Å². The molecule has 0 N–H and O–H groups in total. The Morgan fingerprint density at radius 2 is 1.91 bits per heavy atom. The molecule has 8 heteroatoms. The van der Waals surface area contributed by atoms with Crippen molar-refractivity contribution in [1.82, 2.24) is 0 Å². The molecule has 3 aromatic rings. The quantitative estimate of drug-likeness (QED) is 0.255. The monoisotopic (exact) mass is 522 g/mol. The number of methoxy groups -OCH3 is 1. The van der Waals surface area contributed by atoms with Crippen molar-refractivity contribution in [2.75, 3.05) is 13.9 Å². The van der Waals surface area contributed by atoms with E-state index in [4.69, 9.17) is 23.7 Å². The third kappa shape index (κ3) is 3.95. The van der Waals surface area contributed by atoms with Crippen molar-refractivity contribution < 1.29 is 33.3 Å². The van der Waals surface area contributed by atoms with Crippen molar-refractivity contribution in [1.29, 1.82) is 0 Å². The average molecular weight is 523 g/mol. The lowest BCUT2D eigenvalue weighted by atomic mass is 10.0. The Labute approximate surface area is 204 Å². The Morgan fingerprint density at radius 3 is 2.74 bits per heavy atom. The highest BCUT2D eigenvalue weighted by Crippen LogP contribution is 2.41. The van der Waals surface area contributed by atoms with Crippen LogP contribution in [0.1, 0.15) is 37.4 Å². The lowest BCUT2D eigenvalue weighted by Crippen LogP contribution is -2.12. The number of ether oxygens (including phenoxy) is 5. The van der Waals surface area contributed by atoms with E-state index in [0.29, 0.717) is 51.9 Å². The van der Waals surface area contributed by atoms with E-state index in [9.17, 15) is 9.59 Å². The van der Waals surface area contributed by atoms with Gasteiger partial charge >= 0.3 is 5.97 Å². The predicted molar refractivity (Wildman–Crippen MR) is 126 cm³/mol. The van der Waals surface area contributed by atoms with E-state index in [1.54, 1.807) is 49.4 Å². The highest BCUT2D eigenvalue weighted by atomic mass is 79.9. The minimum absolute atomic E-state index is 0.139. The Hall–Kier alpha value is -3.62. The topological polar surface area (TPSA) is 80.3 Å². The first-order valence-corrected chi connectivity index (χ1v) is 11.2. The van der Waals surface area contributed by atoms with E-state index in [0.717, 1.165) is 10.0 Å². The summed E-state index contributed by atoms with van der Waals surface area (Å²) in [6.07, 6.45) is 1.65. The highest BCUT2D eigenvalue weighted by Gasteiger charge is 2.31. The third-order valence-corrected chi connectivity index (χ3v) is 6.01. The standard InChI is InChI=1S/C26H19BrO7/c1-14-20(34-26(29)18-5-3-4-6-21(18)30-2)8-7-19-23(28)22(33-24(14)19)11-15-9-17(27)10-16-12-31-13-32-25(15)16/h3-11H,12-13H2,1-2H3/b22-11-. The fourth-order valence-electron chi connectivity index (χ4n) is 3.90. The van der Waals surface area contributed by atoms with Crippen LogP contribution in [0.4, 0.5) is 0 Å². The molecule has 34 heavy (non-hydrogen) atoms. The van der Waals surface area contributed by atoms with Gasteiger partial charge in [-0.25, -0.2) is 4.79 Å². The predicted octanol–water partition coefficient (Wildman–Crippen LogP) is 5.47. The maximum absolute atomic E-state index is 13.1. The summed E-state index contributed by atoms with van der Waals surface area (Å²) in [7, 11) is 1.49. The number of carbonyl (C=O) groups is 2. The molecule has 2 heterocycles. The number of carbonyl (C=O) groups excluding carboxylic acids is 2. The lowest BCUT2D eigenvalue weighted by molar-refractivity contribution is -0.0165. The second-order valence-electron chi connectivity index (χ2n) is 7.69. The first-order chi connectivity index (χ1) is 16.5. The average Bonchev–Trinajstić information content (AvgIpc) is 3.16. The number of fused-ring (bicyclic) bond motifs is 2. The van der Waals surface area contributed by atoms with Crippen LogP contribution in [0.15, 0.2) is 58.8 Å². The number of benzene rings is 3. The molecule has 0 aliphatic carbocycles. The summed E-state index contributed by atoms with van der Waals surface area (Å²) in [4.78, 5) is 25.8. The van der Waals surface area contributed by atoms with Gasteiger partial charge in [0.25, 0.3) is 0 Å². The van der Waals surface area contributed by atoms with Gasteiger partial charge in [-0.1, -0.05) is 28.1 Å². The van der Waals surface area contributed by atoms with Crippen molar-refractivity contribution in [3.8, 4) is 23.0 Å². The summed E-state index contributed by atoms with van der Waals surface area (Å²) in [5.41, 5.74) is 2.81. The van der Waals surface area contributed by atoms with Crippen LogP contribution >= 0.6 is 15.9 Å². The van der Waals surface area contributed by atoms with Gasteiger partial charge in [0.2, 0.25) is 5.78 Å². The van der Waals surface area contributed by atoms with E-state index in [1.165, 1.54) is 7.11 Å². The summed E-state index contributed by atoms with van der Waals surface area (Å²) in [5.74, 6) is 1.04. The first kappa shape index (κ1) is 22.2. The number of halogens is 1. The molecule has 7 nitrogen and oxygen atoms in total. The largest absolute Gasteiger partial charge is 0.496 e. The zero-order chi connectivity index (χ0) is 23.8. The van der Waals surface area contributed by atoms with Crippen LogP contribution in [0.25, 0.3) is 6.08 Å². The summed E-state index contributed by atoms with van der Waals surface area (Å²) in [5, 5.41) is 0. The van der Waals surface area contributed by atoms with Crippen molar-refractivity contribution >= 4 is 33.8 Å². The van der Waals surface area contributed by atoms with Crippen LogP contribution in [0, 0.1) is 6.92 Å². The molecular formula is C26H19BrO7. The normalized spacial score (nSPS) is 15.3. The molecule has 3 aromatic carbocycles. The second kappa shape index (κ2) is 8.96. The Balaban J connectivity index is 1.45. The van der Waals surface area contributed by atoms with Crippen LogP contribution in [-0.4, -0.2) is 25.7 Å². The molecule has 0 aromatic heterocycles. The number of rotatable bonds is 4. The highest BCUT2D eigenvalue weighted by molar-refractivity contribution is 9.10. The smallest absolute Gasteiger partial charge is 0.347 e. The van der Waals surface area contributed by atoms with Crippen LogP contribution in [-0.2, 0) is 11.3 Å². The van der Waals surface area contributed by atoms with Gasteiger partial charge in [0, 0.05) is 21.2 Å². The van der Waals surface area contributed by atoms with Gasteiger partial charge in [0.1, 0.15) is 28.6 Å². The fourth-order valence-corrected chi connectivity index (χ4v) is 4.43. The maximum atomic E-state index is 13.1. The van der Waals surface area contributed by atoms with Gasteiger partial charge in [0.15, 0.2) is 12.6 Å². The summed E-state index contributed by atoms with van der Waals surface area (Å²) in [6.45, 7) is 2.29. The van der Waals surface area contributed by atoms with E-state index < -0.39 is 5.97 Å². The molecule has 0 saturated carbocycles. The molecule has 5 rings (SSSR count). The summed E-state index contributed by atoms with van der Waals surface area (Å²) >= 11 is 3.48. The van der Waals surface area contributed by atoms with Gasteiger partial charge in [-0.2, -0.15) is 0 Å². The number of ketones is 1. The van der Waals surface area contributed by atoms with Gasteiger partial charge < -0.3 is 23.7 Å². The summed E-state index contributed by atoms with van der Waals surface area (Å²) < 4.78 is 28.6. The number of para-hydroxylation sites is 1. The van der Waals surface area contributed by atoms with E-state index in [-0.39, 0.29) is 18.3 Å². The number of hydrogen-bond acceptors (Lipinski definition) is 7. The van der Waals surface area contributed by atoms with Gasteiger partial charge in [-0.15, -0.1) is 0 Å². The van der Waals surface area contributed by atoms with E-state index in [2.05, 4.69) is 15.9 Å². The molecule has 0 bridgehead atoms. The molecule has 0 spiro atoms. The van der Waals surface area contributed by atoms with Crippen LogP contribution in [0.2, 0.25) is 0 Å². The fraction of sp³-hybridized carbons (Fsp3) is 0.154. The summed E-state index contributed by atoms with van der Waals surface area (Å²) in [6, 6.07) is 13.7. The third-order valence-electron chi connectivity index (χ3n) is 5.56. The second-order valence-corrected chi connectivity index (χ2v) is 8.60. The molecule has 0 fully saturated rings. The maximum Gasteiger partial charge on any atom is 0.347 e. The molecule has 2 aliphatic rings. The Morgan fingerprint density at radius 1 is 1.09 bits per heavy atom. The zero-order valence-electron chi connectivity index (χ0n) is 18.3. The number of allylic oxidation sites excluding steroid dienone is 1. The molecule has 172 valence electrons. The number of esters is 1. The Kier molecular flexibility index (Phi) is 5.85. The lowest BCUT2D eigenvalue weighted by Gasteiger charge is -2.20. The number of hydrogen-bond donors (Lipinski definition) is 0. The minimum Gasteiger partial charge on any atom is -0.496 e. The van der Waals surface area contributed by atoms with Crippen LogP contribution in [0.3, 0.4) is 0 Å². The molecule has 0 radical (unpaired) electrons. The zero-order valence-corrected chi connectivity index (χ0v) is 19.9. The van der Waals surface area contributed by atoms with Gasteiger partial charge in [0.05, 0.1) is 19.3 Å². The minimum atomic E-state index is -0.569. The molecular weight excluding hydrogens is 504 g/mol.